The SMILES string of the molecule is CC(=O)n1nnc(C=O)c1Nc1ccccc1. The summed E-state index contributed by atoms with van der Waals surface area (Å²) in [4.78, 5) is 22.1. The molecule has 0 aliphatic heterocycles. The van der Waals surface area contributed by atoms with Crippen molar-refractivity contribution in [2.75, 3.05) is 5.32 Å². The number of para-hydroxylation sites is 1. The van der Waals surface area contributed by atoms with E-state index in [0.29, 0.717) is 6.29 Å². The molecule has 1 aromatic heterocycles. The molecule has 1 N–H and O–H groups in total. The molecule has 2 rings (SSSR count). The number of rotatable bonds is 3. The first-order valence-electron chi connectivity index (χ1n) is 4.96. The minimum absolute atomic E-state index is 0.101. The highest BCUT2D eigenvalue weighted by Crippen LogP contribution is 2.17. The fraction of sp³-hybridized carbons (Fsp3) is 0.0909. The molecule has 6 nitrogen and oxygen atoms in total. The van der Waals surface area contributed by atoms with Crippen LogP contribution in [-0.2, 0) is 0 Å². The first-order chi connectivity index (χ1) is 8.22. The molecule has 0 bridgehead atoms. The van der Waals surface area contributed by atoms with Crippen molar-refractivity contribution in [3.63, 3.8) is 0 Å². The fourth-order valence-electron chi connectivity index (χ4n) is 1.37. The van der Waals surface area contributed by atoms with Gasteiger partial charge in [0, 0.05) is 12.6 Å². The Balaban J connectivity index is 2.40. The molecule has 0 radical (unpaired) electrons. The lowest BCUT2D eigenvalue weighted by Gasteiger charge is -2.06. The third-order valence-electron chi connectivity index (χ3n) is 2.14. The van der Waals surface area contributed by atoms with E-state index in [9.17, 15) is 9.59 Å². The van der Waals surface area contributed by atoms with Gasteiger partial charge in [0.15, 0.2) is 17.8 Å². The minimum Gasteiger partial charge on any atom is -0.338 e. The molecule has 0 amide bonds. The van der Waals surface area contributed by atoms with Gasteiger partial charge in [0.05, 0.1) is 0 Å². The monoisotopic (exact) mass is 230 g/mol. The molecule has 6 heteroatoms. The van der Waals surface area contributed by atoms with Crippen LogP contribution < -0.4 is 5.32 Å². The van der Waals surface area contributed by atoms with Crippen molar-refractivity contribution in [2.24, 2.45) is 0 Å². The van der Waals surface area contributed by atoms with E-state index in [4.69, 9.17) is 0 Å². The van der Waals surface area contributed by atoms with Crippen molar-refractivity contribution in [1.82, 2.24) is 15.0 Å². The van der Waals surface area contributed by atoms with Gasteiger partial charge in [-0.25, -0.2) is 0 Å². The van der Waals surface area contributed by atoms with E-state index in [0.717, 1.165) is 10.4 Å². The summed E-state index contributed by atoms with van der Waals surface area (Å²) in [5.41, 5.74) is 0.851. The Kier molecular flexibility index (Phi) is 2.95. The van der Waals surface area contributed by atoms with Gasteiger partial charge in [-0.1, -0.05) is 23.4 Å². The van der Waals surface area contributed by atoms with Gasteiger partial charge in [-0.3, -0.25) is 9.59 Å². The number of hydrogen-bond acceptors (Lipinski definition) is 5. The van der Waals surface area contributed by atoms with Crippen LogP contribution in [0.4, 0.5) is 11.5 Å². The van der Waals surface area contributed by atoms with Gasteiger partial charge in [0.1, 0.15) is 0 Å². The summed E-state index contributed by atoms with van der Waals surface area (Å²) in [6.07, 6.45) is 0.553. The van der Waals surface area contributed by atoms with Crippen LogP contribution in [0.1, 0.15) is 22.2 Å². The van der Waals surface area contributed by atoms with E-state index < -0.39 is 0 Å². The maximum absolute atomic E-state index is 11.3. The Bertz CT molecular complexity index is 548. The van der Waals surface area contributed by atoms with Crippen LogP contribution in [0.25, 0.3) is 0 Å². The normalized spacial score (nSPS) is 9.94. The zero-order valence-corrected chi connectivity index (χ0v) is 9.12. The fourth-order valence-corrected chi connectivity index (χ4v) is 1.37. The Labute approximate surface area is 97.3 Å². The Morgan fingerprint density at radius 1 is 1.35 bits per heavy atom. The molecule has 0 saturated carbocycles. The van der Waals surface area contributed by atoms with Crippen LogP contribution >= 0.6 is 0 Å². The number of anilines is 2. The number of aldehydes is 1. The third kappa shape index (κ3) is 2.20. The van der Waals surface area contributed by atoms with E-state index >= 15 is 0 Å². The summed E-state index contributed by atoms with van der Waals surface area (Å²) in [6.45, 7) is 1.35. The second kappa shape index (κ2) is 4.56. The van der Waals surface area contributed by atoms with E-state index in [-0.39, 0.29) is 17.4 Å². The first-order valence-corrected chi connectivity index (χ1v) is 4.96. The topological polar surface area (TPSA) is 76.9 Å². The standard InChI is InChI=1S/C11H10N4O2/c1-8(17)15-11(10(7-16)13-14-15)12-9-5-3-2-4-6-9/h2-7,12H,1H3. The summed E-state index contributed by atoms with van der Waals surface area (Å²) < 4.78 is 1.05. The number of carbonyl (C=O) groups excluding carboxylic acids is 2. The van der Waals surface area contributed by atoms with Crippen molar-refractivity contribution < 1.29 is 9.59 Å². The van der Waals surface area contributed by atoms with Crippen molar-refractivity contribution in [1.29, 1.82) is 0 Å². The summed E-state index contributed by atoms with van der Waals surface area (Å²) in [7, 11) is 0. The highest BCUT2D eigenvalue weighted by atomic mass is 16.2. The maximum atomic E-state index is 11.3. The quantitative estimate of drug-likeness (QED) is 0.808. The third-order valence-corrected chi connectivity index (χ3v) is 2.14. The number of aromatic nitrogens is 3. The average molecular weight is 230 g/mol. The molecule has 0 saturated heterocycles. The van der Waals surface area contributed by atoms with Crippen LogP contribution in [0.5, 0.6) is 0 Å². The maximum Gasteiger partial charge on any atom is 0.247 e. The van der Waals surface area contributed by atoms with Crippen LogP contribution in [0.3, 0.4) is 0 Å². The van der Waals surface area contributed by atoms with Crippen molar-refractivity contribution in [3.8, 4) is 0 Å². The lowest BCUT2D eigenvalue weighted by atomic mass is 10.3. The van der Waals surface area contributed by atoms with Gasteiger partial charge in [-0.15, -0.1) is 5.10 Å². The van der Waals surface area contributed by atoms with Gasteiger partial charge in [-0.05, 0) is 12.1 Å². The number of nitrogens with one attached hydrogen (secondary N) is 1. The first kappa shape index (κ1) is 11.0. The smallest absolute Gasteiger partial charge is 0.247 e. The molecular formula is C11H10N4O2. The Morgan fingerprint density at radius 2 is 2.06 bits per heavy atom. The van der Waals surface area contributed by atoms with Gasteiger partial charge in [-0.2, -0.15) is 4.68 Å². The highest BCUT2D eigenvalue weighted by molar-refractivity contribution is 5.87. The highest BCUT2D eigenvalue weighted by Gasteiger charge is 2.14. The van der Waals surface area contributed by atoms with Gasteiger partial charge in [0.25, 0.3) is 0 Å². The zero-order chi connectivity index (χ0) is 12.3. The largest absolute Gasteiger partial charge is 0.338 e. The molecule has 2 aromatic rings. The number of nitrogens with zero attached hydrogens (tertiary/aromatic N) is 3. The Hall–Kier alpha value is -2.50. The molecule has 0 unspecified atom stereocenters. The molecule has 0 aliphatic rings. The van der Waals surface area contributed by atoms with Gasteiger partial charge < -0.3 is 5.32 Å². The summed E-state index contributed by atoms with van der Waals surface area (Å²) in [6, 6.07) is 9.17. The van der Waals surface area contributed by atoms with Gasteiger partial charge in [0.2, 0.25) is 5.91 Å². The molecular weight excluding hydrogens is 220 g/mol. The predicted octanol–water partition coefficient (Wildman–Crippen LogP) is 1.49. The van der Waals surface area contributed by atoms with Crippen LogP contribution in [0, 0.1) is 0 Å². The summed E-state index contributed by atoms with van der Waals surface area (Å²) >= 11 is 0. The van der Waals surface area contributed by atoms with Crippen LogP contribution in [-0.4, -0.2) is 27.2 Å². The van der Waals surface area contributed by atoms with Crippen LogP contribution in [0.2, 0.25) is 0 Å². The molecule has 0 atom stereocenters. The van der Waals surface area contributed by atoms with E-state index in [1.807, 2.05) is 30.3 Å². The molecule has 0 spiro atoms. The van der Waals surface area contributed by atoms with Crippen molar-refractivity contribution in [3.05, 3.63) is 36.0 Å². The van der Waals surface area contributed by atoms with E-state index in [1.54, 1.807) is 0 Å². The van der Waals surface area contributed by atoms with Gasteiger partial charge >= 0.3 is 0 Å². The molecule has 1 heterocycles. The molecule has 0 aliphatic carbocycles. The van der Waals surface area contributed by atoms with Crippen molar-refractivity contribution in [2.45, 2.75) is 6.92 Å². The summed E-state index contributed by atoms with van der Waals surface area (Å²) in [5, 5.41) is 10.2. The zero-order valence-electron chi connectivity index (χ0n) is 9.12. The van der Waals surface area contributed by atoms with Crippen molar-refractivity contribution >= 4 is 23.7 Å². The van der Waals surface area contributed by atoms with Crippen LogP contribution in [0.15, 0.2) is 30.3 Å². The second-order valence-corrected chi connectivity index (χ2v) is 3.36. The number of benzene rings is 1. The average Bonchev–Trinajstić information content (AvgIpc) is 2.73. The van der Waals surface area contributed by atoms with E-state index in [1.165, 1.54) is 6.92 Å². The number of hydrogen-bond donors (Lipinski definition) is 1. The molecule has 17 heavy (non-hydrogen) atoms. The summed E-state index contributed by atoms with van der Waals surface area (Å²) in [5.74, 6) is -0.0391. The second-order valence-electron chi connectivity index (χ2n) is 3.36. The lowest BCUT2D eigenvalue weighted by molar-refractivity contribution is 0.0921. The molecule has 0 fully saturated rings. The minimum atomic E-state index is -0.316. The molecule has 86 valence electrons. The molecule has 1 aromatic carbocycles. The van der Waals surface area contributed by atoms with E-state index in [2.05, 4.69) is 15.6 Å². The Morgan fingerprint density at radius 3 is 2.65 bits per heavy atom. The predicted molar refractivity (Wildman–Crippen MR) is 61.4 cm³/mol. The lowest BCUT2D eigenvalue weighted by Crippen LogP contribution is -2.11. The number of carbonyl (C=O) groups is 2.